The van der Waals surface area contributed by atoms with Crippen molar-refractivity contribution in [2.45, 2.75) is 50.5 Å². The molecule has 0 bridgehead atoms. The van der Waals surface area contributed by atoms with Gasteiger partial charge in [0, 0.05) is 0 Å². The summed E-state index contributed by atoms with van der Waals surface area (Å²) in [6, 6.07) is 0. The molecule has 11 heavy (non-hydrogen) atoms. The highest BCUT2D eigenvalue weighted by molar-refractivity contribution is 9.23. The van der Waals surface area contributed by atoms with Gasteiger partial charge in [0.05, 0.1) is 0 Å². The first-order chi connectivity index (χ1) is 5.27. The SMILES string of the molecule is CC(C)CCCCC[CH2][Mg][Br]. The zero-order chi connectivity index (χ0) is 8.53. The van der Waals surface area contributed by atoms with Gasteiger partial charge < -0.3 is 12.9 Å². The summed E-state index contributed by atoms with van der Waals surface area (Å²) in [5.41, 5.74) is 0. The Kier molecular flexibility index (Phi) is 10.4. The molecule has 0 radical (unpaired) electrons. The summed E-state index contributed by atoms with van der Waals surface area (Å²) in [6.45, 7) is 4.62. The zero-order valence-electron chi connectivity index (χ0n) is 7.91. The molecule has 0 aliphatic carbocycles. The average molecular weight is 231 g/mol. The first kappa shape index (κ1) is 12.2. The summed E-state index contributed by atoms with van der Waals surface area (Å²) in [7, 11) is 0. The highest BCUT2D eigenvalue weighted by atomic mass is 79.9. The number of hydrogen-bond donors (Lipinski definition) is 0. The topological polar surface area (TPSA) is 0 Å². The second kappa shape index (κ2) is 9.34. The Hall–Kier alpha value is 1.25. The van der Waals surface area contributed by atoms with E-state index in [-0.39, 0.29) is 18.2 Å². The highest BCUT2D eigenvalue weighted by Crippen LogP contribution is 2.10. The summed E-state index contributed by atoms with van der Waals surface area (Å²) in [6.07, 6.45) is 7.26. The van der Waals surface area contributed by atoms with Crippen molar-refractivity contribution in [3.05, 3.63) is 0 Å². The summed E-state index contributed by atoms with van der Waals surface area (Å²) in [5, 5.41) is 0. The third-order valence-corrected chi connectivity index (χ3v) is 4.36. The fourth-order valence-electron chi connectivity index (χ4n) is 1.18. The molecule has 0 aliphatic heterocycles. The lowest BCUT2D eigenvalue weighted by Gasteiger charge is -2.03. The zero-order valence-corrected chi connectivity index (χ0v) is 10.9. The minimum absolute atomic E-state index is 0.177. The lowest BCUT2D eigenvalue weighted by atomic mass is 10.0. The van der Waals surface area contributed by atoms with Crippen molar-refractivity contribution < 1.29 is 0 Å². The van der Waals surface area contributed by atoms with Gasteiger partial charge in [0.15, 0.2) is 0 Å². The first-order valence-electron chi connectivity index (χ1n) is 4.83. The summed E-state index contributed by atoms with van der Waals surface area (Å²) in [5.74, 6) is 0.903. The molecular weight excluding hydrogens is 212 g/mol. The minimum Gasteiger partial charge on any atom is -0.307 e. The Morgan fingerprint density at radius 2 is 1.73 bits per heavy atom. The van der Waals surface area contributed by atoms with Crippen LogP contribution in [-0.2, 0) is 0 Å². The van der Waals surface area contributed by atoms with E-state index >= 15 is 0 Å². The van der Waals surface area contributed by atoms with Gasteiger partial charge in [-0.1, -0.05) is 46.0 Å². The van der Waals surface area contributed by atoms with Crippen LogP contribution in [0.1, 0.15) is 46.0 Å². The Morgan fingerprint density at radius 1 is 1.09 bits per heavy atom. The Morgan fingerprint density at radius 3 is 2.27 bits per heavy atom. The molecule has 0 fully saturated rings. The quantitative estimate of drug-likeness (QED) is 0.458. The van der Waals surface area contributed by atoms with Crippen LogP contribution in [-0.4, -0.2) is 18.2 Å². The molecule has 0 aromatic rings. The second-order valence-corrected chi connectivity index (χ2v) is 7.10. The molecule has 64 valence electrons. The molecule has 0 atom stereocenters. The third kappa shape index (κ3) is 11.2. The fraction of sp³-hybridized carbons (Fsp3) is 1.00. The molecule has 0 spiro atoms. The first-order valence-corrected chi connectivity index (χ1v) is 9.73. The molecule has 2 heteroatoms. The summed E-state index contributed by atoms with van der Waals surface area (Å²) >= 11 is 3.76. The maximum atomic E-state index is 3.58. The molecule has 0 rings (SSSR count). The van der Waals surface area contributed by atoms with Crippen LogP contribution in [0.4, 0.5) is 0 Å². The van der Waals surface area contributed by atoms with Gasteiger partial charge in [0.1, 0.15) is 0 Å². The second-order valence-electron chi connectivity index (χ2n) is 3.64. The standard InChI is InChI=1S/C9H19.BrH.Mg/c1-4-5-6-7-8-9(2)3;;/h9H,1,4-8H2,2-3H3;1H;/q;;+1/p-1. The Labute approximate surface area is 87.1 Å². The van der Waals surface area contributed by atoms with Crippen molar-refractivity contribution in [1.82, 2.24) is 0 Å². The number of halogens is 1. The molecule has 0 heterocycles. The van der Waals surface area contributed by atoms with Crippen molar-refractivity contribution in [2.24, 2.45) is 5.92 Å². The molecule has 0 aromatic carbocycles. The van der Waals surface area contributed by atoms with Crippen LogP contribution in [0, 0.1) is 5.92 Å². The van der Waals surface area contributed by atoms with Crippen LogP contribution in [0.15, 0.2) is 0 Å². The summed E-state index contributed by atoms with van der Waals surface area (Å²) < 4.78 is 1.49. The fourth-order valence-corrected chi connectivity index (χ4v) is 2.91. The largest absolute Gasteiger partial charge is 0.468 e. The van der Waals surface area contributed by atoms with Crippen LogP contribution in [0.3, 0.4) is 0 Å². The molecule has 0 saturated heterocycles. The predicted molar refractivity (Wildman–Crippen MR) is 57.4 cm³/mol. The third-order valence-electron chi connectivity index (χ3n) is 1.92. The van der Waals surface area contributed by atoms with Gasteiger partial charge in [0.2, 0.25) is 0 Å². The maximum absolute atomic E-state index is 3.58. The highest BCUT2D eigenvalue weighted by Gasteiger charge is 1.94. The molecule has 0 saturated carbocycles. The van der Waals surface area contributed by atoms with Gasteiger partial charge in [-0.05, 0) is 5.92 Å². The minimum atomic E-state index is 0.177. The molecule has 0 aromatic heterocycles. The van der Waals surface area contributed by atoms with E-state index in [2.05, 4.69) is 26.7 Å². The van der Waals surface area contributed by atoms with E-state index in [1.165, 1.54) is 36.7 Å². The van der Waals surface area contributed by atoms with Gasteiger partial charge in [-0.3, -0.25) is 0 Å². The number of rotatable bonds is 7. The monoisotopic (exact) mass is 230 g/mol. The molecule has 0 unspecified atom stereocenters. The van der Waals surface area contributed by atoms with Crippen LogP contribution >= 0.6 is 12.9 Å². The lowest BCUT2D eigenvalue weighted by molar-refractivity contribution is 0.525. The van der Waals surface area contributed by atoms with Crippen LogP contribution in [0.2, 0.25) is 4.55 Å². The van der Waals surface area contributed by atoms with Gasteiger partial charge in [-0.25, -0.2) is 0 Å². The Bertz CT molecular complexity index is 74.0. The van der Waals surface area contributed by atoms with Gasteiger partial charge >= 0.3 is 18.2 Å². The van der Waals surface area contributed by atoms with E-state index in [0.717, 1.165) is 5.92 Å². The normalized spacial score (nSPS) is 10.2. The number of hydrogen-bond acceptors (Lipinski definition) is 0. The van der Waals surface area contributed by atoms with Crippen LogP contribution in [0.5, 0.6) is 0 Å². The van der Waals surface area contributed by atoms with Crippen LogP contribution in [0.25, 0.3) is 0 Å². The number of unbranched alkanes of at least 4 members (excludes halogenated alkanes) is 3. The molecule has 0 aliphatic rings. The van der Waals surface area contributed by atoms with Crippen LogP contribution < -0.4 is 0 Å². The van der Waals surface area contributed by atoms with Crippen molar-refractivity contribution in [3.63, 3.8) is 0 Å². The van der Waals surface area contributed by atoms with E-state index in [0.29, 0.717) is 0 Å². The summed E-state index contributed by atoms with van der Waals surface area (Å²) in [4.78, 5) is 0. The maximum Gasteiger partial charge on any atom is 0.468 e. The van der Waals surface area contributed by atoms with E-state index < -0.39 is 0 Å². The van der Waals surface area contributed by atoms with Gasteiger partial charge in [-0.15, -0.1) is 4.55 Å². The molecule has 0 N–H and O–H groups in total. The van der Waals surface area contributed by atoms with E-state index in [9.17, 15) is 0 Å². The van der Waals surface area contributed by atoms with Crippen molar-refractivity contribution >= 4 is 31.1 Å². The average Bonchev–Trinajstić information content (AvgIpc) is 1.96. The Balaban J connectivity index is 2.80. The molecule has 0 nitrogen and oxygen atoms in total. The predicted octanol–water partition coefficient (Wildman–Crippen LogP) is 4.03. The van der Waals surface area contributed by atoms with Gasteiger partial charge in [0.25, 0.3) is 0 Å². The van der Waals surface area contributed by atoms with Gasteiger partial charge in [-0.2, -0.15) is 0 Å². The van der Waals surface area contributed by atoms with Crippen molar-refractivity contribution in [2.75, 3.05) is 0 Å². The lowest BCUT2D eigenvalue weighted by Crippen LogP contribution is -1.87. The molecule has 0 amide bonds. The van der Waals surface area contributed by atoms with E-state index in [1.807, 2.05) is 0 Å². The van der Waals surface area contributed by atoms with E-state index in [4.69, 9.17) is 0 Å². The van der Waals surface area contributed by atoms with Crippen molar-refractivity contribution in [1.29, 1.82) is 0 Å². The van der Waals surface area contributed by atoms with Crippen molar-refractivity contribution in [3.8, 4) is 0 Å². The smallest absolute Gasteiger partial charge is 0.307 e. The molecular formula is C9H19BrMg. The van der Waals surface area contributed by atoms with E-state index in [1.54, 1.807) is 0 Å².